The van der Waals surface area contributed by atoms with E-state index in [-0.39, 0.29) is 5.75 Å². The number of pyridine rings is 1. The van der Waals surface area contributed by atoms with E-state index in [4.69, 9.17) is 4.74 Å². The van der Waals surface area contributed by atoms with Crippen LogP contribution in [0.4, 0.5) is 8.78 Å². The average Bonchev–Trinajstić information content (AvgIpc) is 2.36. The Morgan fingerprint density at radius 1 is 1.26 bits per heavy atom. The lowest BCUT2D eigenvalue weighted by molar-refractivity contribution is 0.420. The Labute approximate surface area is 110 Å². The van der Waals surface area contributed by atoms with E-state index in [0.29, 0.717) is 12.4 Å². The van der Waals surface area contributed by atoms with Crippen molar-refractivity contribution >= 4 is 0 Å². The molecule has 0 saturated carbocycles. The minimum atomic E-state index is -0.750. The fraction of sp³-hybridized carbons (Fsp3) is 0.214. The number of benzene rings is 1. The molecular formula is C14H14F2N2O. The SMILES string of the molecule is CNCc1cnc(Oc2ccc(F)cc2F)c(C)c1. The van der Waals surface area contributed by atoms with Crippen molar-refractivity contribution < 1.29 is 13.5 Å². The lowest BCUT2D eigenvalue weighted by Gasteiger charge is -2.09. The lowest BCUT2D eigenvalue weighted by atomic mass is 10.2. The van der Waals surface area contributed by atoms with Crippen LogP contribution in [0.3, 0.4) is 0 Å². The van der Waals surface area contributed by atoms with Gasteiger partial charge in [0.25, 0.3) is 0 Å². The Balaban J connectivity index is 2.23. The van der Waals surface area contributed by atoms with Gasteiger partial charge in [-0.05, 0) is 37.7 Å². The number of hydrogen-bond donors (Lipinski definition) is 1. The third-order valence-electron chi connectivity index (χ3n) is 2.57. The van der Waals surface area contributed by atoms with Crippen LogP contribution in [-0.4, -0.2) is 12.0 Å². The van der Waals surface area contributed by atoms with Gasteiger partial charge in [-0.2, -0.15) is 0 Å². The summed E-state index contributed by atoms with van der Waals surface area (Å²) in [7, 11) is 1.84. The second-order valence-electron chi connectivity index (χ2n) is 4.17. The molecule has 2 rings (SSSR count). The van der Waals surface area contributed by atoms with Crippen molar-refractivity contribution in [2.45, 2.75) is 13.5 Å². The number of nitrogens with zero attached hydrogens (tertiary/aromatic N) is 1. The summed E-state index contributed by atoms with van der Waals surface area (Å²) in [5.41, 5.74) is 1.79. The maximum Gasteiger partial charge on any atom is 0.222 e. The van der Waals surface area contributed by atoms with E-state index in [9.17, 15) is 8.78 Å². The number of aromatic nitrogens is 1. The molecule has 1 heterocycles. The van der Waals surface area contributed by atoms with Gasteiger partial charge < -0.3 is 10.1 Å². The van der Waals surface area contributed by atoms with Crippen molar-refractivity contribution in [3.63, 3.8) is 0 Å². The molecule has 0 atom stereocenters. The topological polar surface area (TPSA) is 34.2 Å². The highest BCUT2D eigenvalue weighted by Gasteiger charge is 2.09. The summed E-state index contributed by atoms with van der Waals surface area (Å²) < 4.78 is 31.6. The highest BCUT2D eigenvalue weighted by Crippen LogP contribution is 2.26. The van der Waals surface area contributed by atoms with Crippen LogP contribution in [0.2, 0.25) is 0 Å². The van der Waals surface area contributed by atoms with E-state index < -0.39 is 11.6 Å². The first-order chi connectivity index (χ1) is 9.10. The Kier molecular flexibility index (Phi) is 4.06. The highest BCUT2D eigenvalue weighted by molar-refractivity contribution is 5.34. The predicted octanol–water partition coefficient (Wildman–Crippen LogP) is 3.18. The van der Waals surface area contributed by atoms with Crippen LogP contribution in [0.15, 0.2) is 30.5 Å². The zero-order chi connectivity index (χ0) is 13.8. The molecule has 1 N–H and O–H groups in total. The Morgan fingerprint density at radius 2 is 2.05 bits per heavy atom. The molecule has 0 spiro atoms. The van der Waals surface area contributed by atoms with Gasteiger partial charge in [-0.15, -0.1) is 0 Å². The third-order valence-corrected chi connectivity index (χ3v) is 2.57. The summed E-state index contributed by atoms with van der Waals surface area (Å²) in [5.74, 6) is -1.12. The first-order valence-corrected chi connectivity index (χ1v) is 5.83. The van der Waals surface area contributed by atoms with E-state index in [2.05, 4.69) is 10.3 Å². The van der Waals surface area contributed by atoms with Crippen LogP contribution >= 0.6 is 0 Å². The zero-order valence-electron chi connectivity index (χ0n) is 10.7. The largest absolute Gasteiger partial charge is 0.436 e. The maximum absolute atomic E-state index is 13.5. The molecular weight excluding hydrogens is 250 g/mol. The Hall–Kier alpha value is -2.01. The summed E-state index contributed by atoms with van der Waals surface area (Å²) in [5, 5.41) is 3.01. The molecule has 0 radical (unpaired) electrons. The third kappa shape index (κ3) is 3.26. The van der Waals surface area contributed by atoms with Gasteiger partial charge in [0, 0.05) is 24.4 Å². The molecule has 0 aliphatic rings. The zero-order valence-corrected chi connectivity index (χ0v) is 10.7. The number of ether oxygens (including phenoxy) is 1. The van der Waals surface area contributed by atoms with Gasteiger partial charge in [0.05, 0.1) is 0 Å². The predicted molar refractivity (Wildman–Crippen MR) is 68.2 cm³/mol. The molecule has 0 saturated heterocycles. The Bertz CT molecular complexity index is 588. The van der Waals surface area contributed by atoms with Crippen molar-refractivity contribution in [3.8, 4) is 11.6 Å². The summed E-state index contributed by atoms with van der Waals surface area (Å²) in [4.78, 5) is 4.13. The molecule has 0 aliphatic carbocycles. The second kappa shape index (κ2) is 5.75. The molecule has 19 heavy (non-hydrogen) atoms. The minimum absolute atomic E-state index is 0.0432. The van der Waals surface area contributed by atoms with Crippen molar-refractivity contribution in [2.75, 3.05) is 7.05 Å². The van der Waals surface area contributed by atoms with Crippen molar-refractivity contribution in [3.05, 3.63) is 53.2 Å². The molecule has 1 aromatic carbocycles. The van der Waals surface area contributed by atoms with E-state index >= 15 is 0 Å². The standard InChI is InChI=1S/C14H14F2N2O/c1-9-5-10(7-17-2)8-18-14(9)19-13-4-3-11(15)6-12(13)16/h3-6,8,17H,7H2,1-2H3. The molecule has 3 nitrogen and oxygen atoms in total. The maximum atomic E-state index is 13.5. The van der Waals surface area contributed by atoms with Crippen molar-refractivity contribution in [1.29, 1.82) is 0 Å². The van der Waals surface area contributed by atoms with E-state index in [1.807, 2.05) is 20.0 Å². The summed E-state index contributed by atoms with van der Waals surface area (Å²) in [6, 6.07) is 5.07. The second-order valence-corrected chi connectivity index (χ2v) is 4.17. The van der Waals surface area contributed by atoms with Gasteiger partial charge in [-0.25, -0.2) is 13.8 Å². The number of hydrogen-bond acceptors (Lipinski definition) is 3. The van der Waals surface area contributed by atoms with Gasteiger partial charge in [0.1, 0.15) is 5.82 Å². The molecule has 100 valence electrons. The molecule has 2 aromatic rings. The number of aryl methyl sites for hydroxylation is 1. The van der Waals surface area contributed by atoms with Crippen LogP contribution in [-0.2, 0) is 6.54 Å². The van der Waals surface area contributed by atoms with Gasteiger partial charge in [0.2, 0.25) is 5.88 Å². The Morgan fingerprint density at radius 3 is 2.68 bits per heavy atom. The fourth-order valence-electron chi connectivity index (χ4n) is 1.69. The van der Waals surface area contributed by atoms with Crippen LogP contribution in [0, 0.1) is 18.6 Å². The van der Waals surface area contributed by atoms with Gasteiger partial charge in [0.15, 0.2) is 11.6 Å². The van der Waals surface area contributed by atoms with Crippen LogP contribution < -0.4 is 10.1 Å². The molecule has 0 bridgehead atoms. The smallest absolute Gasteiger partial charge is 0.222 e. The van der Waals surface area contributed by atoms with Gasteiger partial charge in [-0.1, -0.05) is 0 Å². The first-order valence-electron chi connectivity index (χ1n) is 5.83. The van der Waals surface area contributed by atoms with Crippen LogP contribution in [0.5, 0.6) is 11.6 Å². The van der Waals surface area contributed by atoms with Gasteiger partial charge in [-0.3, -0.25) is 0 Å². The average molecular weight is 264 g/mol. The van der Waals surface area contributed by atoms with E-state index in [1.165, 1.54) is 6.07 Å². The van der Waals surface area contributed by atoms with Crippen LogP contribution in [0.1, 0.15) is 11.1 Å². The van der Waals surface area contributed by atoms with Gasteiger partial charge >= 0.3 is 0 Å². The molecule has 0 unspecified atom stereocenters. The summed E-state index contributed by atoms with van der Waals surface area (Å²) in [6.07, 6.45) is 1.65. The van der Waals surface area contributed by atoms with Crippen LogP contribution in [0.25, 0.3) is 0 Å². The molecule has 0 amide bonds. The van der Waals surface area contributed by atoms with E-state index in [1.54, 1.807) is 6.20 Å². The quantitative estimate of drug-likeness (QED) is 0.921. The minimum Gasteiger partial charge on any atom is -0.436 e. The number of halogens is 2. The highest BCUT2D eigenvalue weighted by atomic mass is 19.1. The molecule has 1 aromatic heterocycles. The molecule has 5 heteroatoms. The summed E-state index contributed by atoms with van der Waals surface area (Å²) in [6.45, 7) is 2.52. The fourth-order valence-corrected chi connectivity index (χ4v) is 1.69. The normalized spacial score (nSPS) is 10.5. The number of rotatable bonds is 4. The molecule has 0 aliphatic heterocycles. The molecule has 0 fully saturated rings. The first kappa shape index (κ1) is 13.4. The van der Waals surface area contributed by atoms with Crippen molar-refractivity contribution in [1.82, 2.24) is 10.3 Å². The summed E-state index contributed by atoms with van der Waals surface area (Å²) >= 11 is 0. The number of nitrogens with one attached hydrogen (secondary N) is 1. The van der Waals surface area contributed by atoms with Crippen molar-refractivity contribution in [2.24, 2.45) is 0 Å². The monoisotopic (exact) mass is 264 g/mol. The van der Waals surface area contributed by atoms with E-state index in [0.717, 1.165) is 23.3 Å². The lowest BCUT2D eigenvalue weighted by Crippen LogP contribution is -2.06.